The maximum Gasteiger partial charge on any atom is 0.338 e. The molecule has 2 heterocycles. The molecule has 1 aromatic heterocycles. The summed E-state index contributed by atoms with van der Waals surface area (Å²) in [4.78, 5) is 32.1. The molecule has 0 saturated carbocycles. The summed E-state index contributed by atoms with van der Waals surface area (Å²) in [5, 5.41) is 0. The van der Waals surface area contributed by atoms with Crippen LogP contribution in [0, 0.1) is 3.57 Å². The van der Waals surface area contributed by atoms with Crippen LogP contribution in [0.25, 0.3) is 6.08 Å². The Kier molecular flexibility index (Phi) is 8.51. The lowest BCUT2D eigenvalue weighted by molar-refractivity contribution is -0.136. The minimum absolute atomic E-state index is 0.229. The van der Waals surface area contributed by atoms with E-state index in [1.165, 1.54) is 18.4 Å². The summed E-state index contributed by atoms with van der Waals surface area (Å²) < 4.78 is 19.8. The molecular formula is C31H27IN2O5S. The monoisotopic (exact) mass is 666 g/mol. The fourth-order valence-electron chi connectivity index (χ4n) is 4.66. The molecule has 40 heavy (non-hydrogen) atoms. The number of ether oxygens (including phenoxy) is 3. The van der Waals surface area contributed by atoms with E-state index in [4.69, 9.17) is 19.2 Å². The van der Waals surface area contributed by atoms with Gasteiger partial charge >= 0.3 is 5.97 Å². The Bertz CT molecular complexity index is 1760. The van der Waals surface area contributed by atoms with Crippen LogP contribution in [-0.4, -0.2) is 24.8 Å². The van der Waals surface area contributed by atoms with Crippen molar-refractivity contribution in [2.45, 2.75) is 26.0 Å². The van der Waals surface area contributed by atoms with Gasteiger partial charge in [0.25, 0.3) is 5.56 Å². The van der Waals surface area contributed by atoms with Crippen molar-refractivity contribution in [2.24, 2.45) is 4.99 Å². The second-order valence-electron chi connectivity index (χ2n) is 9.01. The van der Waals surface area contributed by atoms with E-state index < -0.39 is 12.0 Å². The minimum Gasteiger partial charge on any atom is -0.493 e. The van der Waals surface area contributed by atoms with E-state index in [2.05, 4.69) is 22.6 Å². The predicted molar refractivity (Wildman–Crippen MR) is 163 cm³/mol. The van der Waals surface area contributed by atoms with E-state index in [1.807, 2.05) is 85.8 Å². The number of thiazole rings is 1. The predicted octanol–water partition coefficient (Wildman–Crippen LogP) is 4.99. The van der Waals surface area contributed by atoms with Crippen molar-refractivity contribution in [2.75, 3.05) is 14.2 Å². The number of benzene rings is 3. The largest absolute Gasteiger partial charge is 0.493 e. The van der Waals surface area contributed by atoms with Gasteiger partial charge in [-0.1, -0.05) is 78.9 Å². The van der Waals surface area contributed by atoms with Gasteiger partial charge in [0, 0.05) is 0 Å². The summed E-state index contributed by atoms with van der Waals surface area (Å²) in [6.45, 7) is 2.35. The molecule has 5 rings (SSSR count). The van der Waals surface area contributed by atoms with E-state index >= 15 is 0 Å². The molecule has 0 aliphatic carbocycles. The Morgan fingerprint density at radius 3 is 2.42 bits per heavy atom. The summed E-state index contributed by atoms with van der Waals surface area (Å²) in [6, 6.07) is 22.6. The fourth-order valence-corrected chi connectivity index (χ4v) is 6.46. The van der Waals surface area contributed by atoms with Crippen LogP contribution in [0.3, 0.4) is 0 Å². The molecule has 0 saturated heterocycles. The van der Waals surface area contributed by atoms with Gasteiger partial charge in [0.2, 0.25) is 0 Å². The first-order valence-corrected chi connectivity index (χ1v) is 14.6. The third kappa shape index (κ3) is 5.48. The van der Waals surface area contributed by atoms with Gasteiger partial charge in [0.1, 0.15) is 6.61 Å². The van der Waals surface area contributed by atoms with E-state index in [0.717, 1.165) is 20.3 Å². The van der Waals surface area contributed by atoms with Gasteiger partial charge in [-0.2, -0.15) is 0 Å². The number of allylic oxidation sites excluding steroid dienone is 1. The Balaban J connectivity index is 1.60. The zero-order valence-electron chi connectivity index (χ0n) is 22.2. The minimum atomic E-state index is -0.634. The second-order valence-corrected chi connectivity index (χ2v) is 11.2. The van der Waals surface area contributed by atoms with Gasteiger partial charge in [-0.25, -0.2) is 9.79 Å². The van der Waals surface area contributed by atoms with Crippen LogP contribution in [0.2, 0.25) is 0 Å². The molecule has 204 valence electrons. The number of halogens is 1. The molecule has 3 aromatic carbocycles. The average molecular weight is 667 g/mol. The SMILES string of the molecule is CCC1=C(C(=O)OC)[C@H](c2ccccc2)n2c(s/c(=C\c3cc(I)c(OCc4ccccc4)c(OC)c3)c2=O)=N1. The summed E-state index contributed by atoms with van der Waals surface area (Å²) in [7, 11) is 2.94. The van der Waals surface area contributed by atoms with Gasteiger partial charge in [0.05, 0.1) is 39.6 Å². The normalized spacial score (nSPS) is 14.9. The number of aromatic nitrogens is 1. The molecule has 0 N–H and O–H groups in total. The van der Waals surface area contributed by atoms with E-state index in [0.29, 0.717) is 45.1 Å². The van der Waals surface area contributed by atoms with Crippen LogP contribution in [0.15, 0.2) is 93.9 Å². The number of hydrogen-bond acceptors (Lipinski definition) is 7. The Labute approximate surface area is 249 Å². The first kappa shape index (κ1) is 27.9. The van der Waals surface area contributed by atoms with Gasteiger partial charge in [-0.05, 0) is 63.9 Å². The highest BCUT2D eigenvalue weighted by Gasteiger charge is 2.33. The maximum atomic E-state index is 13.9. The van der Waals surface area contributed by atoms with Crippen molar-refractivity contribution in [3.8, 4) is 11.5 Å². The molecule has 0 amide bonds. The van der Waals surface area contributed by atoms with E-state index in [-0.39, 0.29) is 5.56 Å². The Morgan fingerprint density at radius 2 is 1.77 bits per heavy atom. The third-order valence-electron chi connectivity index (χ3n) is 6.54. The number of hydrogen-bond donors (Lipinski definition) is 0. The topological polar surface area (TPSA) is 79.1 Å². The number of nitrogens with zero attached hydrogens (tertiary/aromatic N) is 2. The van der Waals surface area contributed by atoms with Crippen molar-refractivity contribution in [3.05, 3.63) is 124 Å². The molecule has 0 fully saturated rings. The highest BCUT2D eigenvalue weighted by atomic mass is 127. The fraction of sp³-hybridized carbons (Fsp3) is 0.194. The molecule has 0 spiro atoms. The first-order chi connectivity index (χ1) is 19.4. The zero-order chi connectivity index (χ0) is 28.2. The molecule has 0 bridgehead atoms. The average Bonchev–Trinajstić information content (AvgIpc) is 3.29. The molecule has 1 aliphatic rings. The maximum absolute atomic E-state index is 13.9. The zero-order valence-corrected chi connectivity index (χ0v) is 25.2. The van der Waals surface area contributed by atoms with Crippen LogP contribution in [-0.2, 0) is 16.1 Å². The molecule has 0 radical (unpaired) electrons. The van der Waals surface area contributed by atoms with Crippen LogP contribution in [0.5, 0.6) is 11.5 Å². The standard InChI is InChI=1S/C31H27IN2O5S/c1-4-23-26(30(36)38-3)27(21-13-9-6-10-14-21)34-29(35)25(40-31(34)33-23)17-20-15-22(32)28(24(16-20)37-2)39-18-19-11-7-5-8-12-19/h5-17,27H,4,18H2,1-3H3/b25-17-/t27-/m0/s1. The van der Waals surface area contributed by atoms with Crippen molar-refractivity contribution < 1.29 is 19.0 Å². The van der Waals surface area contributed by atoms with Gasteiger partial charge in [-0.15, -0.1) is 0 Å². The van der Waals surface area contributed by atoms with Gasteiger partial charge in [0.15, 0.2) is 16.3 Å². The second kappa shape index (κ2) is 12.2. The van der Waals surface area contributed by atoms with Crippen LogP contribution < -0.4 is 24.4 Å². The van der Waals surface area contributed by atoms with Gasteiger partial charge < -0.3 is 14.2 Å². The quantitative estimate of drug-likeness (QED) is 0.196. The lowest BCUT2D eigenvalue weighted by atomic mass is 9.95. The first-order valence-electron chi connectivity index (χ1n) is 12.7. The van der Waals surface area contributed by atoms with Crippen molar-refractivity contribution in [1.82, 2.24) is 4.57 Å². The highest BCUT2D eigenvalue weighted by molar-refractivity contribution is 14.1. The van der Waals surface area contributed by atoms with Crippen LogP contribution >= 0.6 is 33.9 Å². The van der Waals surface area contributed by atoms with Crippen molar-refractivity contribution in [3.63, 3.8) is 0 Å². The highest BCUT2D eigenvalue weighted by Crippen LogP contribution is 2.35. The van der Waals surface area contributed by atoms with E-state index in [1.54, 1.807) is 11.7 Å². The summed E-state index contributed by atoms with van der Waals surface area (Å²) in [5.41, 5.74) is 3.42. The smallest absolute Gasteiger partial charge is 0.338 e. The number of methoxy groups -OCH3 is 2. The number of esters is 1. The molecule has 9 heteroatoms. The van der Waals surface area contributed by atoms with E-state index in [9.17, 15) is 9.59 Å². The molecule has 1 atom stereocenters. The number of carbonyl (C=O) groups excluding carboxylic acids is 1. The Morgan fingerprint density at radius 1 is 1.07 bits per heavy atom. The lowest BCUT2D eigenvalue weighted by Gasteiger charge is -2.25. The number of fused-ring (bicyclic) bond motifs is 1. The lowest BCUT2D eigenvalue weighted by Crippen LogP contribution is -2.40. The molecule has 7 nitrogen and oxygen atoms in total. The number of rotatable bonds is 8. The number of carbonyl (C=O) groups is 1. The summed E-state index contributed by atoms with van der Waals surface area (Å²) in [6.07, 6.45) is 2.35. The molecule has 4 aromatic rings. The van der Waals surface area contributed by atoms with Crippen molar-refractivity contribution >= 4 is 46.0 Å². The van der Waals surface area contributed by atoms with Crippen LogP contribution in [0.1, 0.15) is 36.1 Å². The third-order valence-corrected chi connectivity index (χ3v) is 8.33. The molecule has 0 unspecified atom stereocenters. The Hall–Kier alpha value is -3.70. The van der Waals surface area contributed by atoms with Gasteiger partial charge in [-0.3, -0.25) is 9.36 Å². The summed E-state index contributed by atoms with van der Waals surface area (Å²) >= 11 is 3.51. The molecular weight excluding hydrogens is 639 g/mol. The summed E-state index contributed by atoms with van der Waals surface area (Å²) in [5.74, 6) is 0.726. The molecule has 1 aliphatic heterocycles. The van der Waals surface area contributed by atoms with Crippen molar-refractivity contribution in [1.29, 1.82) is 0 Å². The van der Waals surface area contributed by atoms with Crippen LogP contribution in [0.4, 0.5) is 0 Å².